The maximum Gasteiger partial charge on any atom is 0.0475 e. The first-order chi connectivity index (χ1) is 11.2. The Balaban J connectivity index is 1.63. The lowest BCUT2D eigenvalue weighted by Gasteiger charge is -2.19. The molecule has 2 N–H and O–H groups in total. The number of benzene rings is 1. The van der Waals surface area contributed by atoms with Gasteiger partial charge in [-0.3, -0.25) is 4.98 Å². The zero-order valence-corrected chi connectivity index (χ0v) is 14.0. The molecule has 0 aliphatic heterocycles. The van der Waals surface area contributed by atoms with Crippen LogP contribution in [-0.2, 0) is 6.42 Å². The lowest BCUT2D eigenvalue weighted by Crippen LogP contribution is -2.29. The number of aliphatic hydroxyl groups is 1. The Kier molecular flexibility index (Phi) is 5.09. The third-order valence-electron chi connectivity index (χ3n) is 4.95. The van der Waals surface area contributed by atoms with Crippen molar-refractivity contribution >= 4 is 0 Å². The van der Waals surface area contributed by atoms with Gasteiger partial charge in [0.05, 0.1) is 0 Å². The van der Waals surface area contributed by atoms with Crippen LogP contribution in [0.15, 0.2) is 42.6 Å². The van der Waals surface area contributed by atoms with Crippen molar-refractivity contribution in [1.29, 1.82) is 0 Å². The van der Waals surface area contributed by atoms with Crippen LogP contribution < -0.4 is 5.32 Å². The lowest BCUT2D eigenvalue weighted by atomic mass is 9.98. The maximum atomic E-state index is 9.68. The number of hydrogen-bond acceptors (Lipinski definition) is 3. The summed E-state index contributed by atoms with van der Waals surface area (Å²) in [4.78, 5) is 4.37. The molecule has 1 heterocycles. The van der Waals surface area contributed by atoms with Crippen molar-refractivity contribution in [1.82, 2.24) is 10.3 Å². The summed E-state index contributed by atoms with van der Waals surface area (Å²) in [7, 11) is 0. The quantitative estimate of drug-likeness (QED) is 0.860. The zero-order valence-electron chi connectivity index (χ0n) is 14.0. The molecule has 1 aromatic carbocycles. The summed E-state index contributed by atoms with van der Waals surface area (Å²) >= 11 is 0. The van der Waals surface area contributed by atoms with Gasteiger partial charge in [0.15, 0.2) is 0 Å². The molecule has 0 saturated carbocycles. The fourth-order valence-electron chi connectivity index (χ4n) is 3.80. The van der Waals surface area contributed by atoms with Gasteiger partial charge in [-0.05, 0) is 60.4 Å². The number of aliphatic hydroxyl groups excluding tert-OH is 1. The average Bonchev–Trinajstić information content (AvgIpc) is 2.90. The zero-order chi connectivity index (χ0) is 16.2. The van der Waals surface area contributed by atoms with E-state index in [-0.39, 0.29) is 12.5 Å². The fraction of sp³-hybridized carbons (Fsp3) is 0.450. The number of pyridine rings is 1. The Hall–Kier alpha value is -1.71. The Morgan fingerprint density at radius 3 is 2.87 bits per heavy atom. The van der Waals surface area contributed by atoms with Gasteiger partial charge in [0.25, 0.3) is 0 Å². The highest BCUT2D eigenvalue weighted by atomic mass is 16.3. The van der Waals surface area contributed by atoms with E-state index in [1.807, 2.05) is 24.4 Å². The topological polar surface area (TPSA) is 45.1 Å². The van der Waals surface area contributed by atoms with Crippen LogP contribution in [0.2, 0.25) is 0 Å². The van der Waals surface area contributed by atoms with Gasteiger partial charge in [-0.1, -0.05) is 31.2 Å². The van der Waals surface area contributed by atoms with E-state index in [1.165, 1.54) is 16.7 Å². The van der Waals surface area contributed by atoms with Crippen molar-refractivity contribution in [3.8, 4) is 0 Å². The van der Waals surface area contributed by atoms with Gasteiger partial charge in [-0.15, -0.1) is 0 Å². The van der Waals surface area contributed by atoms with Crippen LogP contribution in [0.1, 0.15) is 47.7 Å². The van der Waals surface area contributed by atoms with E-state index in [2.05, 4.69) is 42.3 Å². The molecule has 1 aliphatic carbocycles. The molecule has 3 heteroatoms. The molecule has 3 nitrogen and oxygen atoms in total. The summed E-state index contributed by atoms with van der Waals surface area (Å²) in [6, 6.07) is 13.0. The van der Waals surface area contributed by atoms with E-state index in [9.17, 15) is 5.11 Å². The summed E-state index contributed by atoms with van der Waals surface area (Å²) in [5.41, 5.74) is 5.39. The number of aromatic nitrogens is 1. The molecule has 122 valence electrons. The van der Waals surface area contributed by atoms with Crippen LogP contribution in [0, 0.1) is 12.8 Å². The minimum atomic E-state index is 0.187. The highest BCUT2D eigenvalue weighted by molar-refractivity contribution is 5.43. The lowest BCUT2D eigenvalue weighted by molar-refractivity contribution is 0.217. The van der Waals surface area contributed by atoms with Gasteiger partial charge >= 0.3 is 0 Å². The van der Waals surface area contributed by atoms with Crippen LogP contribution >= 0.6 is 0 Å². The van der Waals surface area contributed by atoms with Crippen molar-refractivity contribution in [3.05, 3.63) is 65.0 Å². The maximum absolute atomic E-state index is 9.68. The minimum absolute atomic E-state index is 0.187. The molecule has 2 aromatic rings. The van der Waals surface area contributed by atoms with E-state index in [4.69, 9.17) is 0 Å². The summed E-state index contributed by atoms with van der Waals surface area (Å²) in [5, 5.41) is 13.4. The SMILES string of the molecule is Cc1cccc2c1[C@H](C)C[C@@H]2NC[C@H](CO)Cc1ccccn1. The second kappa shape index (κ2) is 7.24. The Morgan fingerprint density at radius 1 is 1.26 bits per heavy atom. The molecule has 3 rings (SSSR count). The molecule has 0 saturated heterocycles. The molecule has 1 aromatic heterocycles. The molecule has 0 bridgehead atoms. The molecule has 0 spiro atoms. The summed E-state index contributed by atoms with van der Waals surface area (Å²) in [6.07, 6.45) is 3.77. The third kappa shape index (κ3) is 3.62. The Labute approximate surface area is 138 Å². The van der Waals surface area contributed by atoms with Crippen molar-refractivity contribution in [2.75, 3.05) is 13.2 Å². The van der Waals surface area contributed by atoms with E-state index in [1.54, 1.807) is 0 Å². The summed E-state index contributed by atoms with van der Waals surface area (Å²) in [6.45, 7) is 5.52. The van der Waals surface area contributed by atoms with E-state index in [0.29, 0.717) is 12.0 Å². The van der Waals surface area contributed by atoms with Gasteiger partial charge in [0, 0.05) is 31.1 Å². The summed E-state index contributed by atoms with van der Waals surface area (Å²) in [5.74, 6) is 0.807. The number of nitrogens with zero attached hydrogens (tertiary/aromatic N) is 1. The van der Waals surface area contributed by atoms with Crippen molar-refractivity contribution in [3.63, 3.8) is 0 Å². The van der Waals surface area contributed by atoms with Crippen LogP contribution in [0.3, 0.4) is 0 Å². The standard InChI is InChI=1S/C20H26N2O/c1-14-6-5-8-18-19(10-15(2)20(14)18)22-12-16(13-23)11-17-7-3-4-9-21-17/h3-9,15-16,19,22-23H,10-13H2,1-2H3/t15-,16-,19+/m1/s1. The number of aryl methyl sites for hydroxylation is 1. The number of rotatable bonds is 6. The van der Waals surface area contributed by atoms with Gasteiger partial charge < -0.3 is 10.4 Å². The molecule has 0 amide bonds. The first kappa shape index (κ1) is 16.2. The second-order valence-corrected chi connectivity index (χ2v) is 6.75. The van der Waals surface area contributed by atoms with Crippen LogP contribution in [0.25, 0.3) is 0 Å². The molecular weight excluding hydrogens is 284 g/mol. The van der Waals surface area contributed by atoms with E-state index in [0.717, 1.165) is 25.1 Å². The Bertz CT molecular complexity index is 641. The van der Waals surface area contributed by atoms with Crippen LogP contribution in [0.5, 0.6) is 0 Å². The number of fused-ring (bicyclic) bond motifs is 1. The van der Waals surface area contributed by atoms with E-state index < -0.39 is 0 Å². The Morgan fingerprint density at radius 2 is 2.13 bits per heavy atom. The van der Waals surface area contributed by atoms with Gasteiger partial charge in [0.2, 0.25) is 0 Å². The molecule has 0 unspecified atom stereocenters. The highest BCUT2D eigenvalue weighted by Crippen LogP contribution is 2.41. The summed E-state index contributed by atoms with van der Waals surface area (Å²) < 4.78 is 0. The first-order valence-corrected chi connectivity index (χ1v) is 8.52. The average molecular weight is 310 g/mol. The first-order valence-electron chi connectivity index (χ1n) is 8.52. The smallest absolute Gasteiger partial charge is 0.0475 e. The predicted octanol–water partition coefficient (Wildman–Crippen LogP) is 3.38. The van der Waals surface area contributed by atoms with Crippen molar-refractivity contribution in [2.45, 2.75) is 38.6 Å². The molecule has 3 atom stereocenters. The number of nitrogens with one attached hydrogen (secondary N) is 1. The molecule has 0 radical (unpaired) electrons. The van der Waals surface area contributed by atoms with Crippen molar-refractivity contribution in [2.24, 2.45) is 5.92 Å². The molecule has 1 aliphatic rings. The fourth-order valence-corrected chi connectivity index (χ4v) is 3.80. The third-order valence-corrected chi connectivity index (χ3v) is 4.95. The second-order valence-electron chi connectivity index (χ2n) is 6.75. The molecular formula is C20H26N2O. The highest BCUT2D eigenvalue weighted by Gasteiger charge is 2.29. The largest absolute Gasteiger partial charge is 0.396 e. The monoisotopic (exact) mass is 310 g/mol. The van der Waals surface area contributed by atoms with Crippen molar-refractivity contribution < 1.29 is 5.11 Å². The molecule has 0 fully saturated rings. The number of hydrogen-bond donors (Lipinski definition) is 2. The van der Waals surface area contributed by atoms with Gasteiger partial charge in [0.1, 0.15) is 0 Å². The van der Waals surface area contributed by atoms with E-state index >= 15 is 0 Å². The van der Waals surface area contributed by atoms with Crippen LogP contribution in [0.4, 0.5) is 0 Å². The van der Waals surface area contributed by atoms with Crippen LogP contribution in [-0.4, -0.2) is 23.2 Å². The molecule has 23 heavy (non-hydrogen) atoms. The van der Waals surface area contributed by atoms with Gasteiger partial charge in [-0.25, -0.2) is 0 Å². The van der Waals surface area contributed by atoms with Gasteiger partial charge in [-0.2, -0.15) is 0 Å². The normalized spacial score (nSPS) is 21.2. The minimum Gasteiger partial charge on any atom is -0.396 e. The predicted molar refractivity (Wildman–Crippen MR) is 93.5 cm³/mol.